The molecule has 0 bridgehead atoms. The highest BCUT2D eigenvalue weighted by molar-refractivity contribution is 5.96. The Kier molecular flexibility index (Phi) is 5.64. The lowest BCUT2D eigenvalue weighted by Crippen LogP contribution is -2.44. The number of fused-ring (bicyclic) bond motifs is 1. The third kappa shape index (κ3) is 4.36. The second kappa shape index (κ2) is 8.75. The van der Waals surface area contributed by atoms with Crippen LogP contribution in [0.3, 0.4) is 0 Å². The SMILES string of the molecule is CC(C)=Nc1ncc(-c2c[nH]c3ncc(-c4ccnc(N5CCN(C)CC5)c4)cc23)cc1C. The number of pyridine rings is 3. The number of hydrogen-bond acceptors (Lipinski definition) is 6. The minimum absolute atomic E-state index is 0.769. The summed E-state index contributed by atoms with van der Waals surface area (Å²) < 4.78 is 0. The fraction of sp³-hybridized carbons (Fsp3) is 0.308. The van der Waals surface area contributed by atoms with Crippen molar-refractivity contribution in [3.05, 3.63) is 54.6 Å². The maximum absolute atomic E-state index is 4.70. The standard InChI is InChI=1S/C26H29N7/c1-17(2)31-25-18(3)11-21(15-28-25)23-16-30-26-22(23)12-20(14-29-26)19-5-6-27-24(13-19)33-9-7-32(4)8-10-33/h5-6,11-16H,7-10H2,1-4H3,(H,29,30). The number of likely N-dealkylation sites (N-methyl/N-ethyl adjacent to an activating group) is 1. The fourth-order valence-electron chi connectivity index (χ4n) is 4.25. The van der Waals surface area contributed by atoms with Gasteiger partial charge in [-0.2, -0.15) is 0 Å². The van der Waals surface area contributed by atoms with Crippen molar-refractivity contribution in [3.63, 3.8) is 0 Å². The smallest absolute Gasteiger partial charge is 0.154 e. The number of aryl methyl sites for hydroxylation is 1. The molecule has 0 spiro atoms. The second-order valence-corrected chi connectivity index (χ2v) is 8.94. The predicted octanol–water partition coefficient (Wildman–Crippen LogP) is 4.86. The summed E-state index contributed by atoms with van der Waals surface area (Å²) >= 11 is 0. The molecule has 0 aromatic carbocycles. The molecular formula is C26H29N7. The summed E-state index contributed by atoms with van der Waals surface area (Å²) in [5, 5.41) is 1.08. The highest BCUT2D eigenvalue weighted by Gasteiger charge is 2.16. The van der Waals surface area contributed by atoms with Crippen molar-refractivity contribution in [1.29, 1.82) is 0 Å². The topological polar surface area (TPSA) is 73.3 Å². The molecule has 1 aliphatic rings. The maximum Gasteiger partial charge on any atom is 0.154 e. The Hall–Kier alpha value is -3.58. The molecule has 1 saturated heterocycles. The molecule has 7 nitrogen and oxygen atoms in total. The van der Waals surface area contributed by atoms with E-state index in [4.69, 9.17) is 4.98 Å². The number of nitrogens with zero attached hydrogens (tertiary/aromatic N) is 6. The number of aliphatic imine (C=N–C) groups is 1. The zero-order chi connectivity index (χ0) is 22.9. The third-order valence-electron chi connectivity index (χ3n) is 6.13. The van der Waals surface area contributed by atoms with Crippen LogP contribution in [-0.2, 0) is 0 Å². The Morgan fingerprint density at radius 2 is 1.73 bits per heavy atom. The number of anilines is 1. The van der Waals surface area contributed by atoms with Gasteiger partial charge in [-0.1, -0.05) is 0 Å². The van der Waals surface area contributed by atoms with Crippen molar-refractivity contribution in [2.24, 2.45) is 4.99 Å². The van der Waals surface area contributed by atoms with Gasteiger partial charge in [-0.25, -0.2) is 19.9 Å². The van der Waals surface area contributed by atoms with E-state index in [2.05, 4.69) is 61.1 Å². The first-order chi connectivity index (χ1) is 16.0. The van der Waals surface area contributed by atoms with Crippen molar-refractivity contribution >= 4 is 28.4 Å². The van der Waals surface area contributed by atoms with Crippen molar-refractivity contribution in [3.8, 4) is 22.3 Å². The van der Waals surface area contributed by atoms with Crippen LogP contribution in [0.15, 0.2) is 54.0 Å². The highest BCUT2D eigenvalue weighted by atomic mass is 15.3. The van der Waals surface area contributed by atoms with Crippen molar-refractivity contribution in [2.75, 3.05) is 38.1 Å². The molecule has 5 heterocycles. The third-order valence-corrected chi connectivity index (χ3v) is 6.13. The monoisotopic (exact) mass is 439 g/mol. The maximum atomic E-state index is 4.70. The summed E-state index contributed by atoms with van der Waals surface area (Å²) in [4.78, 5) is 26.5. The van der Waals surface area contributed by atoms with E-state index in [1.54, 1.807) is 0 Å². The Morgan fingerprint density at radius 3 is 2.48 bits per heavy atom. The summed E-state index contributed by atoms with van der Waals surface area (Å²) in [6, 6.07) is 8.57. The lowest BCUT2D eigenvalue weighted by Gasteiger charge is -2.33. The normalized spacial score (nSPS) is 14.6. The van der Waals surface area contributed by atoms with Gasteiger partial charge in [0.2, 0.25) is 0 Å². The van der Waals surface area contributed by atoms with E-state index in [0.29, 0.717) is 0 Å². The second-order valence-electron chi connectivity index (χ2n) is 8.94. The molecule has 0 saturated carbocycles. The number of H-pyrrole nitrogens is 1. The largest absolute Gasteiger partial charge is 0.354 e. The zero-order valence-electron chi connectivity index (χ0n) is 19.6. The van der Waals surface area contributed by atoms with Gasteiger partial charge in [0.05, 0.1) is 0 Å². The molecule has 0 atom stereocenters. The lowest BCUT2D eigenvalue weighted by atomic mass is 10.0. The van der Waals surface area contributed by atoms with E-state index < -0.39 is 0 Å². The Bertz CT molecular complexity index is 1330. The predicted molar refractivity (Wildman–Crippen MR) is 135 cm³/mol. The van der Waals surface area contributed by atoms with Crippen LogP contribution in [0.5, 0.6) is 0 Å². The van der Waals surface area contributed by atoms with Crippen molar-refractivity contribution in [1.82, 2.24) is 24.8 Å². The average molecular weight is 440 g/mol. The van der Waals surface area contributed by atoms with Gasteiger partial charge in [0, 0.05) is 78.8 Å². The van der Waals surface area contributed by atoms with E-state index in [9.17, 15) is 0 Å². The fourth-order valence-corrected chi connectivity index (χ4v) is 4.25. The van der Waals surface area contributed by atoms with Crippen LogP contribution in [0.25, 0.3) is 33.3 Å². The lowest BCUT2D eigenvalue weighted by molar-refractivity contribution is 0.312. The number of hydrogen-bond donors (Lipinski definition) is 1. The number of aromatic nitrogens is 4. The van der Waals surface area contributed by atoms with Crippen LogP contribution in [-0.4, -0.2) is 63.8 Å². The molecule has 0 aliphatic carbocycles. The quantitative estimate of drug-likeness (QED) is 0.460. The zero-order valence-corrected chi connectivity index (χ0v) is 19.6. The van der Waals surface area contributed by atoms with Crippen LogP contribution < -0.4 is 4.90 Å². The summed E-state index contributed by atoms with van der Waals surface area (Å²) in [5.74, 6) is 1.79. The first-order valence-electron chi connectivity index (χ1n) is 11.3. The molecule has 1 aliphatic heterocycles. The van der Waals surface area contributed by atoms with Gasteiger partial charge in [0.1, 0.15) is 11.5 Å². The minimum Gasteiger partial charge on any atom is -0.354 e. The van der Waals surface area contributed by atoms with E-state index >= 15 is 0 Å². The number of rotatable bonds is 4. The molecule has 1 N–H and O–H groups in total. The van der Waals surface area contributed by atoms with Gasteiger partial charge in [0.25, 0.3) is 0 Å². The Labute approximate surface area is 194 Å². The molecule has 7 heteroatoms. The van der Waals surface area contributed by atoms with Crippen LogP contribution in [0.2, 0.25) is 0 Å². The van der Waals surface area contributed by atoms with Crippen molar-refractivity contribution < 1.29 is 0 Å². The van der Waals surface area contributed by atoms with E-state index in [1.807, 2.05) is 45.6 Å². The van der Waals surface area contributed by atoms with Gasteiger partial charge in [-0.05, 0) is 63.2 Å². The number of piperazine rings is 1. The Balaban J connectivity index is 1.50. The number of nitrogens with one attached hydrogen (secondary N) is 1. The van der Waals surface area contributed by atoms with Crippen LogP contribution >= 0.6 is 0 Å². The van der Waals surface area contributed by atoms with E-state index in [0.717, 1.165) is 82.4 Å². The molecule has 33 heavy (non-hydrogen) atoms. The first kappa shape index (κ1) is 21.3. The molecule has 1 fully saturated rings. The first-order valence-corrected chi connectivity index (χ1v) is 11.3. The molecule has 168 valence electrons. The van der Waals surface area contributed by atoms with Crippen molar-refractivity contribution in [2.45, 2.75) is 20.8 Å². The average Bonchev–Trinajstić information content (AvgIpc) is 3.24. The van der Waals surface area contributed by atoms with Crippen LogP contribution in [0.1, 0.15) is 19.4 Å². The molecule has 0 amide bonds. The molecule has 5 rings (SSSR count). The van der Waals surface area contributed by atoms with Gasteiger partial charge in [-0.3, -0.25) is 0 Å². The Morgan fingerprint density at radius 1 is 0.939 bits per heavy atom. The molecular weight excluding hydrogens is 410 g/mol. The molecule has 0 unspecified atom stereocenters. The highest BCUT2D eigenvalue weighted by Crippen LogP contribution is 2.33. The minimum atomic E-state index is 0.769. The summed E-state index contributed by atoms with van der Waals surface area (Å²) in [6.07, 6.45) is 7.72. The van der Waals surface area contributed by atoms with Gasteiger partial charge in [-0.15, -0.1) is 0 Å². The van der Waals surface area contributed by atoms with Gasteiger partial charge < -0.3 is 14.8 Å². The van der Waals surface area contributed by atoms with Crippen LogP contribution in [0.4, 0.5) is 11.6 Å². The summed E-state index contributed by atoms with van der Waals surface area (Å²) in [7, 11) is 2.17. The summed E-state index contributed by atoms with van der Waals surface area (Å²) in [6.45, 7) is 10.1. The molecule has 4 aromatic rings. The van der Waals surface area contributed by atoms with E-state index in [1.165, 1.54) is 0 Å². The van der Waals surface area contributed by atoms with Gasteiger partial charge in [0.15, 0.2) is 5.82 Å². The number of aromatic amines is 1. The van der Waals surface area contributed by atoms with Gasteiger partial charge >= 0.3 is 0 Å². The molecule has 0 radical (unpaired) electrons. The van der Waals surface area contributed by atoms with Crippen LogP contribution in [0, 0.1) is 6.92 Å². The molecule has 4 aromatic heterocycles. The summed E-state index contributed by atoms with van der Waals surface area (Å²) in [5.41, 5.74) is 7.26. The van der Waals surface area contributed by atoms with E-state index in [-0.39, 0.29) is 0 Å².